The third-order valence-electron chi connectivity index (χ3n) is 5.46. The molecule has 1 amide bonds. The van der Waals surface area contributed by atoms with Crippen LogP contribution >= 0.6 is 38.9 Å². The number of anilines is 1. The molecule has 2 heterocycles. The first-order valence-corrected chi connectivity index (χ1v) is 13.9. The van der Waals surface area contributed by atoms with Gasteiger partial charge in [-0.2, -0.15) is 4.72 Å². The molecular formula is C23H23BrClN3O3S2. The van der Waals surface area contributed by atoms with E-state index in [-0.39, 0.29) is 16.5 Å². The Morgan fingerprint density at radius 2 is 1.76 bits per heavy atom. The van der Waals surface area contributed by atoms with Crippen LogP contribution in [0.4, 0.5) is 5.69 Å². The molecule has 6 nitrogen and oxygen atoms in total. The van der Waals surface area contributed by atoms with Gasteiger partial charge in [-0.15, -0.1) is 11.3 Å². The molecule has 33 heavy (non-hydrogen) atoms. The lowest BCUT2D eigenvalue weighted by Crippen LogP contribution is -2.55. The number of sulfonamides is 1. The monoisotopic (exact) mass is 567 g/mol. The highest BCUT2D eigenvalue weighted by molar-refractivity contribution is 9.11. The number of thiophene rings is 1. The normalized spacial score (nSPS) is 15.5. The average Bonchev–Trinajstić information content (AvgIpc) is 3.26. The molecule has 1 aromatic heterocycles. The molecule has 1 unspecified atom stereocenters. The molecule has 1 fully saturated rings. The summed E-state index contributed by atoms with van der Waals surface area (Å²) >= 11 is 10.5. The van der Waals surface area contributed by atoms with Crippen LogP contribution in [0.25, 0.3) is 0 Å². The van der Waals surface area contributed by atoms with Crippen molar-refractivity contribution in [2.45, 2.75) is 16.7 Å². The number of nitrogens with zero attached hydrogens (tertiary/aromatic N) is 2. The zero-order chi connectivity index (χ0) is 23.4. The minimum atomic E-state index is -3.84. The Balaban J connectivity index is 1.49. The lowest BCUT2D eigenvalue weighted by molar-refractivity contribution is -0.133. The van der Waals surface area contributed by atoms with Crippen LogP contribution in [0, 0.1) is 0 Å². The lowest BCUT2D eigenvalue weighted by atomic mass is 10.1. The van der Waals surface area contributed by atoms with Gasteiger partial charge in [0.15, 0.2) is 0 Å². The van der Waals surface area contributed by atoms with Crippen LogP contribution in [-0.2, 0) is 21.2 Å². The number of carbonyl (C=O) groups excluding carboxylic acids is 1. The van der Waals surface area contributed by atoms with E-state index in [0.29, 0.717) is 35.0 Å². The van der Waals surface area contributed by atoms with Crippen molar-refractivity contribution < 1.29 is 13.2 Å². The molecule has 0 saturated carbocycles. The van der Waals surface area contributed by atoms with Crippen LogP contribution in [0.3, 0.4) is 0 Å². The fourth-order valence-corrected chi connectivity index (χ4v) is 7.20. The van der Waals surface area contributed by atoms with E-state index in [1.165, 1.54) is 6.07 Å². The van der Waals surface area contributed by atoms with Gasteiger partial charge in [0.1, 0.15) is 10.3 Å². The number of hydrogen-bond donors (Lipinski definition) is 1. The standard InChI is InChI=1S/C23H23BrClN3O3S2/c24-21-9-10-22(32-21)33(30,31)26-20(15-17-5-2-1-3-6-17)23(29)28-13-11-27(12-14-28)19-8-4-7-18(25)16-19/h1-10,16,20,26H,11-15H2. The van der Waals surface area contributed by atoms with Crippen molar-refractivity contribution in [3.63, 3.8) is 0 Å². The van der Waals surface area contributed by atoms with E-state index >= 15 is 0 Å². The van der Waals surface area contributed by atoms with Crippen molar-refractivity contribution >= 4 is 60.5 Å². The van der Waals surface area contributed by atoms with E-state index in [9.17, 15) is 13.2 Å². The summed E-state index contributed by atoms with van der Waals surface area (Å²) in [4.78, 5) is 17.4. The third kappa shape index (κ3) is 6.16. The second-order valence-corrected chi connectivity index (χ2v) is 12.6. The van der Waals surface area contributed by atoms with Gasteiger partial charge in [-0.05, 0) is 58.2 Å². The molecule has 174 valence electrons. The summed E-state index contributed by atoms with van der Waals surface area (Å²) in [6.45, 7) is 2.30. The summed E-state index contributed by atoms with van der Waals surface area (Å²) < 4.78 is 29.5. The number of amides is 1. The maximum absolute atomic E-state index is 13.5. The summed E-state index contributed by atoms with van der Waals surface area (Å²) in [5.41, 5.74) is 1.91. The van der Waals surface area contributed by atoms with E-state index in [4.69, 9.17) is 11.6 Å². The Hall–Kier alpha value is -1.91. The van der Waals surface area contributed by atoms with Gasteiger partial charge in [-0.3, -0.25) is 4.79 Å². The summed E-state index contributed by atoms with van der Waals surface area (Å²) in [6, 6.07) is 19.4. The maximum Gasteiger partial charge on any atom is 0.250 e. The van der Waals surface area contributed by atoms with Crippen molar-refractivity contribution in [2.24, 2.45) is 0 Å². The van der Waals surface area contributed by atoms with Gasteiger partial charge in [0.25, 0.3) is 10.0 Å². The fraction of sp³-hybridized carbons (Fsp3) is 0.261. The van der Waals surface area contributed by atoms with Crippen molar-refractivity contribution in [1.82, 2.24) is 9.62 Å². The van der Waals surface area contributed by atoms with E-state index in [0.717, 1.165) is 22.6 Å². The second kappa shape index (κ2) is 10.6. The summed E-state index contributed by atoms with van der Waals surface area (Å²) in [5.74, 6) is -0.219. The van der Waals surface area contributed by atoms with E-state index in [1.54, 1.807) is 11.0 Å². The molecular weight excluding hydrogens is 546 g/mol. The van der Waals surface area contributed by atoms with Crippen LogP contribution < -0.4 is 9.62 Å². The highest BCUT2D eigenvalue weighted by atomic mass is 79.9. The summed E-state index contributed by atoms with van der Waals surface area (Å²) in [6.07, 6.45) is 0.278. The Kier molecular flexibility index (Phi) is 7.76. The molecule has 1 aliphatic heterocycles. The smallest absolute Gasteiger partial charge is 0.250 e. The van der Waals surface area contributed by atoms with E-state index in [2.05, 4.69) is 25.6 Å². The first-order chi connectivity index (χ1) is 15.8. The molecule has 1 saturated heterocycles. The first kappa shape index (κ1) is 24.2. The number of hydrogen-bond acceptors (Lipinski definition) is 5. The molecule has 1 N–H and O–H groups in total. The highest BCUT2D eigenvalue weighted by Gasteiger charge is 2.32. The average molecular weight is 569 g/mol. The predicted molar refractivity (Wildman–Crippen MR) is 137 cm³/mol. The number of halogens is 2. The van der Waals surface area contributed by atoms with Crippen molar-refractivity contribution in [3.8, 4) is 0 Å². The molecule has 4 rings (SSSR count). The molecule has 3 aromatic rings. The Morgan fingerprint density at radius 1 is 1.03 bits per heavy atom. The predicted octanol–water partition coefficient (Wildman–Crippen LogP) is 4.40. The largest absolute Gasteiger partial charge is 0.368 e. The number of rotatable bonds is 7. The Morgan fingerprint density at radius 3 is 2.39 bits per heavy atom. The van der Waals surface area contributed by atoms with Gasteiger partial charge in [0.05, 0.1) is 3.79 Å². The van der Waals surface area contributed by atoms with Gasteiger partial charge in [0.2, 0.25) is 5.91 Å². The van der Waals surface area contributed by atoms with Crippen molar-refractivity contribution in [1.29, 1.82) is 0 Å². The van der Waals surface area contributed by atoms with Crippen molar-refractivity contribution in [2.75, 3.05) is 31.1 Å². The van der Waals surface area contributed by atoms with Crippen LogP contribution in [0.1, 0.15) is 5.56 Å². The molecule has 0 aliphatic carbocycles. The zero-order valence-electron chi connectivity index (χ0n) is 17.7. The molecule has 2 aromatic carbocycles. The Bertz CT molecular complexity index is 1210. The van der Waals surface area contributed by atoms with Crippen LogP contribution in [-0.4, -0.2) is 51.4 Å². The molecule has 0 spiro atoms. The lowest BCUT2D eigenvalue weighted by Gasteiger charge is -2.37. The van der Waals surface area contributed by atoms with Gasteiger partial charge in [0, 0.05) is 36.9 Å². The molecule has 1 atom stereocenters. The van der Waals surface area contributed by atoms with Gasteiger partial charge in [-0.1, -0.05) is 48.0 Å². The first-order valence-electron chi connectivity index (χ1n) is 10.4. The van der Waals surface area contributed by atoms with Gasteiger partial charge < -0.3 is 9.80 Å². The van der Waals surface area contributed by atoms with Crippen molar-refractivity contribution in [3.05, 3.63) is 81.1 Å². The van der Waals surface area contributed by atoms with Gasteiger partial charge >= 0.3 is 0 Å². The van der Waals surface area contributed by atoms with E-state index < -0.39 is 16.1 Å². The number of carbonyl (C=O) groups is 1. The van der Waals surface area contributed by atoms with Crippen LogP contribution in [0.15, 0.2) is 74.7 Å². The third-order valence-corrected chi connectivity index (χ3v) is 9.28. The fourth-order valence-electron chi connectivity index (χ4n) is 3.79. The molecule has 10 heteroatoms. The summed E-state index contributed by atoms with van der Waals surface area (Å²) in [7, 11) is -3.84. The van der Waals surface area contributed by atoms with Crippen LogP contribution in [0.2, 0.25) is 5.02 Å². The number of piperazine rings is 1. The Labute approximate surface area is 211 Å². The topological polar surface area (TPSA) is 69.7 Å². The SMILES string of the molecule is O=C(C(Cc1ccccc1)NS(=O)(=O)c1ccc(Br)s1)N1CCN(c2cccc(Cl)c2)CC1. The molecule has 1 aliphatic rings. The highest BCUT2D eigenvalue weighted by Crippen LogP contribution is 2.26. The molecule has 0 radical (unpaired) electrons. The van der Waals surface area contributed by atoms with E-state index in [1.807, 2.05) is 54.6 Å². The zero-order valence-corrected chi connectivity index (χ0v) is 21.6. The minimum Gasteiger partial charge on any atom is -0.368 e. The van der Waals surface area contributed by atoms with Crippen LogP contribution in [0.5, 0.6) is 0 Å². The second-order valence-electron chi connectivity index (χ2n) is 7.71. The minimum absolute atomic E-state index is 0.172. The number of benzene rings is 2. The van der Waals surface area contributed by atoms with Gasteiger partial charge in [-0.25, -0.2) is 8.42 Å². The quantitative estimate of drug-likeness (QED) is 0.459. The maximum atomic E-state index is 13.5. The summed E-state index contributed by atoms with van der Waals surface area (Å²) in [5, 5.41) is 0.670. The number of nitrogens with one attached hydrogen (secondary N) is 1. The molecule has 0 bridgehead atoms.